The Bertz CT molecular complexity index is 757. The molecule has 0 saturated heterocycles. The van der Waals surface area contributed by atoms with Crippen molar-refractivity contribution in [2.75, 3.05) is 19.5 Å². The minimum Gasteiger partial charge on any atom is -0.497 e. The van der Waals surface area contributed by atoms with Gasteiger partial charge in [-0.25, -0.2) is 0 Å². The number of carbonyl (C=O) groups excluding carboxylic acids is 2. The average Bonchev–Trinajstić information content (AvgIpc) is 2.66. The van der Waals surface area contributed by atoms with Crippen molar-refractivity contribution in [2.45, 2.75) is 19.9 Å². The van der Waals surface area contributed by atoms with Crippen LogP contribution in [-0.4, -0.2) is 32.1 Å². The van der Waals surface area contributed by atoms with Gasteiger partial charge >= 0.3 is 0 Å². The summed E-state index contributed by atoms with van der Waals surface area (Å²) >= 11 is 0. The van der Waals surface area contributed by atoms with Gasteiger partial charge in [-0.05, 0) is 42.3 Å². The molecule has 0 saturated carbocycles. The van der Waals surface area contributed by atoms with Crippen LogP contribution in [-0.2, 0) is 4.79 Å². The third kappa shape index (κ3) is 4.75. The summed E-state index contributed by atoms with van der Waals surface area (Å²) in [6.45, 7) is 3.75. The third-order valence-corrected chi connectivity index (χ3v) is 3.95. The van der Waals surface area contributed by atoms with Crippen molar-refractivity contribution in [2.24, 2.45) is 5.92 Å². The largest absolute Gasteiger partial charge is 0.497 e. The van der Waals surface area contributed by atoms with Crippen LogP contribution in [0.5, 0.6) is 11.5 Å². The van der Waals surface area contributed by atoms with Crippen LogP contribution in [0.25, 0.3) is 0 Å². The lowest BCUT2D eigenvalue weighted by Gasteiger charge is -2.22. The van der Waals surface area contributed by atoms with Crippen LogP contribution < -0.4 is 20.1 Å². The second-order valence-electron chi connectivity index (χ2n) is 6.11. The zero-order valence-electron chi connectivity index (χ0n) is 15.4. The molecule has 6 nitrogen and oxygen atoms in total. The summed E-state index contributed by atoms with van der Waals surface area (Å²) in [7, 11) is 3.10. The van der Waals surface area contributed by atoms with Crippen molar-refractivity contribution >= 4 is 17.5 Å². The lowest BCUT2D eigenvalue weighted by atomic mass is 10.0. The first-order chi connectivity index (χ1) is 12.5. The van der Waals surface area contributed by atoms with Gasteiger partial charge in [0, 0.05) is 5.56 Å². The molecule has 2 amide bonds. The minimum atomic E-state index is -0.686. The number of hydrogen-bond acceptors (Lipinski definition) is 4. The summed E-state index contributed by atoms with van der Waals surface area (Å²) in [4.78, 5) is 25.2. The van der Waals surface area contributed by atoms with Crippen LogP contribution in [0.15, 0.2) is 48.5 Å². The molecular weight excluding hydrogens is 332 g/mol. The molecule has 0 bridgehead atoms. The van der Waals surface area contributed by atoms with Crippen LogP contribution in [0.3, 0.4) is 0 Å². The number of ether oxygens (including phenoxy) is 2. The van der Waals surface area contributed by atoms with E-state index in [9.17, 15) is 9.59 Å². The molecule has 2 N–H and O–H groups in total. The topological polar surface area (TPSA) is 76.7 Å². The Morgan fingerprint density at radius 1 is 0.923 bits per heavy atom. The van der Waals surface area contributed by atoms with Crippen molar-refractivity contribution < 1.29 is 19.1 Å². The first-order valence-electron chi connectivity index (χ1n) is 8.35. The number of methoxy groups -OCH3 is 2. The number of amides is 2. The highest BCUT2D eigenvalue weighted by Crippen LogP contribution is 2.23. The van der Waals surface area contributed by atoms with Gasteiger partial charge in [0.05, 0.1) is 19.9 Å². The number of anilines is 1. The number of rotatable bonds is 7. The maximum absolute atomic E-state index is 12.7. The number of para-hydroxylation sites is 2. The Hall–Kier alpha value is -3.02. The fourth-order valence-corrected chi connectivity index (χ4v) is 2.46. The Labute approximate surface area is 153 Å². The van der Waals surface area contributed by atoms with E-state index in [0.29, 0.717) is 22.7 Å². The average molecular weight is 356 g/mol. The van der Waals surface area contributed by atoms with Gasteiger partial charge in [-0.1, -0.05) is 26.0 Å². The fourth-order valence-electron chi connectivity index (χ4n) is 2.46. The normalized spacial score (nSPS) is 11.6. The maximum Gasteiger partial charge on any atom is 0.251 e. The number of hydrogen-bond donors (Lipinski definition) is 2. The highest BCUT2D eigenvalue weighted by Gasteiger charge is 2.25. The van der Waals surface area contributed by atoms with E-state index in [-0.39, 0.29) is 17.7 Å². The molecule has 0 heterocycles. The number of carbonyl (C=O) groups is 2. The molecular formula is C20H24N2O4. The summed E-state index contributed by atoms with van der Waals surface area (Å²) in [5, 5.41) is 5.61. The van der Waals surface area contributed by atoms with Crippen LogP contribution >= 0.6 is 0 Å². The van der Waals surface area contributed by atoms with Gasteiger partial charge < -0.3 is 20.1 Å². The Balaban J connectivity index is 2.11. The zero-order chi connectivity index (χ0) is 19.1. The quantitative estimate of drug-likeness (QED) is 0.799. The summed E-state index contributed by atoms with van der Waals surface area (Å²) in [5.74, 6) is 0.514. The summed E-state index contributed by atoms with van der Waals surface area (Å²) in [6.07, 6.45) is 0. The van der Waals surface area contributed by atoms with Gasteiger partial charge in [-0.15, -0.1) is 0 Å². The summed E-state index contributed by atoms with van der Waals surface area (Å²) in [5.41, 5.74) is 1.02. The van der Waals surface area contributed by atoms with E-state index >= 15 is 0 Å². The highest BCUT2D eigenvalue weighted by molar-refractivity contribution is 6.01. The molecule has 6 heteroatoms. The molecule has 2 rings (SSSR count). The minimum absolute atomic E-state index is 0.0908. The number of nitrogens with one attached hydrogen (secondary N) is 2. The first kappa shape index (κ1) is 19.3. The van der Waals surface area contributed by atoms with Crippen molar-refractivity contribution in [3.8, 4) is 11.5 Å². The maximum atomic E-state index is 12.7. The van der Waals surface area contributed by atoms with Crippen LogP contribution in [0.4, 0.5) is 5.69 Å². The van der Waals surface area contributed by atoms with Crippen LogP contribution in [0.1, 0.15) is 24.2 Å². The predicted molar refractivity (Wildman–Crippen MR) is 101 cm³/mol. The van der Waals surface area contributed by atoms with E-state index in [4.69, 9.17) is 9.47 Å². The lowest BCUT2D eigenvalue weighted by Crippen LogP contribution is -2.47. The predicted octanol–water partition coefficient (Wildman–Crippen LogP) is 3.10. The molecule has 0 spiro atoms. The van der Waals surface area contributed by atoms with Crippen molar-refractivity contribution in [1.82, 2.24) is 5.32 Å². The second-order valence-corrected chi connectivity index (χ2v) is 6.11. The first-order valence-corrected chi connectivity index (χ1v) is 8.35. The second kappa shape index (κ2) is 8.89. The fraction of sp³-hybridized carbons (Fsp3) is 0.300. The smallest absolute Gasteiger partial charge is 0.251 e. The van der Waals surface area contributed by atoms with E-state index in [1.807, 2.05) is 19.9 Å². The van der Waals surface area contributed by atoms with Gasteiger partial charge in [0.1, 0.15) is 17.5 Å². The Morgan fingerprint density at radius 2 is 1.58 bits per heavy atom. The number of benzene rings is 2. The molecule has 2 aromatic rings. The molecule has 0 fully saturated rings. The van der Waals surface area contributed by atoms with E-state index in [0.717, 1.165) is 0 Å². The van der Waals surface area contributed by atoms with Gasteiger partial charge in [0.25, 0.3) is 5.91 Å². The van der Waals surface area contributed by atoms with E-state index in [1.165, 1.54) is 7.11 Å². The molecule has 26 heavy (non-hydrogen) atoms. The van der Waals surface area contributed by atoms with Gasteiger partial charge in [-0.2, -0.15) is 0 Å². The van der Waals surface area contributed by atoms with E-state index < -0.39 is 6.04 Å². The molecule has 0 aliphatic heterocycles. The molecule has 2 aromatic carbocycles. The highest BCUT2D eigenvalue weighted by atomic mass is 16.5. The Kier molecular flexibility index (Phi) is 6.60. The molecule has 138 valence electrons. The SMILES string of the molecule is COc1ccc(C(=O)N[C@@H](C(=O)Nc2ccccc2OC)C(C)C)cc1. The molecule has 0 aliphatic rings. The van der Waals surface area contributed by atoms with Crippen molar-refractivity contribution in [3.05, 3.63) is 54.1 Å². The molecule has 0 aromatic heterocycles. The monoisotopic (exact) mass is 356 g/mol. The van der Waals surface area contributed by atoms with Crippen LogP contribution in [0, 0.1) is 5.92 Å². The van der Waals surface area contributed by atoms with Gasteiger partial charge in [-0.3, -0.25) is 9.59 Å². The van der Waals surface area contributed by atoms with Crippen molar-refractivity contribution in [3.63, 3.8) is 0 Å². The molecule has 0 radical (unpaired) electrons. The van der Waals surface area contributed by atoms with E-state index in [1.54, 1.807) is 49.6 Å². The van der Waals surface area contributed by atoms with E-state index in [2.05, 4.69) is 10.6 Å². The molecule has 0 unspecified atom stereocenters. The van der Waals surface area contributed by atoms with Crippen molar-refractivity contribution in [1.29, 1.82) is 0 Å². The van der Waals surface area contributed by atoms with Gasteiger partial charge in [0.2, 0.25) is 5.91 Å². The Morgan fingerprint density at radius 3 is 2.15 bits per heavy atom. The third-order valence-electron chi connectivity index (χ3n) is 3.95. The summed E-state index contributed by atoms with van der Waals surface area (Å²) < 4.78 is 10.3. The summed E-state index contributed by atoms with van der Waals surface area (Å²) in [6, 6.07) is 13.2. The molecule has 1 atom stereocenters. The van der Waals surface area contributed by atoms with Crippen LogP contribution in [0.2, 0.25) is 0 Å². The zero-order valence-corrected chi connectivity index (χ0v) is 15.4. The van der Waals surface area contributed by atoms with Gasteiger partial charge in [0.15, 0.2) is 0 Å². The lowest BCUT2D eigenvalue weighted by molar-refractivity contribution is -0.118. The molecule has 0 aliphatic carbocycles. The standard InChI is InChI=1S/C20H24N2O4/c1-13(2)18(20(24)21-16-7-5-6-8-17(16)26-4)22-19(23)14-9-11-15(25-3)12-10-14/h5-13,18H,1-4H3,(H,21,24)(H,22,23)/t18-/m1/s1.